The minimum Gasteiger partial charge on any atom is -0.475 e. The molecular formula is C7H12F3NO3S. The molecule has 90 valence electrons. The van der Waals surface area contributed by atoms with Gasteiger partial charge in [0.1, 0.15) is 5.78 Å². The molecule has 0 radical (unpaired) electrons. The number of thioether (sulfide) groups is 1. The molecular weight excluding hydrogens is 235 g/mol. The molecule has 8 heteroatoms. The summed E-state index contributed by atoms with van der Waals surface area (Å²) in [5.74, 6) is -1.90. The van der Waals surface area contributed by atoms with Crippen LogP contribution >= 0.6 is 11.8 Å². The highest BCUT2D eigenvalue weighted by atomic mass is 32.2. The van der Waals surface area contributed by atoms with Gasteiger partial charge in [-0.15, -0.1) is 0 Å². The Bertz CT molecular complexity index is 200. The van der Waals surface area contributed by atoms with Gasteiger partial charge in [-0.2, -0.15) is 24.9 Å². The predicted molar refractivity (Wildman–Crippen MR) is 50.8 cm³/mol. The van der Waals surface area contributed by atoms with E-state index in [1.54, 1.807) is 11.8 Å². The topological polar surface area (TPSA) is 80.4 Å². The standard InChI is InChI=1S/C5H11NOS.C2HF3O2/c1-8-4-5(7)2-3-6;3-2(4,5)1(6)7/h2-4,6H2,1H3;(H,6,7). The molecule has 0 rings (SSSR count). The van der Waals surface area contributed by atoms with Crippen molar-refractivity contribution in [2.45, 2.75) is 12.6 Å². The number of nitrogens with two attached hydrogens (primary N) is 1. The van der Waals surface area contributed by atoms with E-state index in [9.17, 15) is 18.0 Å². The Labute approximate surface area is 89.0 Å². The van der Waals surface area contributed by atoms with Gasteiger partial charge < -0.3 is 10.8 Å². The summed E-state index contributed by atoms with van der Waals surface area (Å²) in [4.78, 5) is 19.4. The van der Waals surface area contributed by atoms with E-state index < -0.39 is 12.1 Å². The average Bonchev–Trinajstić information content (AvgIpc) is 2.04. The molecule has 0 unspecified atom stereocenters. The normalized spacial score (nSPS) is 10.2. The van der Waals surface area contributed by atoms with Crippen molar-refractivity contribution in [1.82, 2.24) is 0 Å². The molecule has 0 aliphatic carbocycles. The van der Waals surface area contributed by atoms with E-state index >= 15 is 0 Å². The van der Waals surface area contributed by atoms with Crippen LogP contribution in [-0.4, -0.2) is 41.6 Å². The molecule has 15 heavy (non-hydrogen) atoms. The van der Waals surface area contributed by atoms with Gasteiger partial charge in [-0.05, 0) is 12.8 Å². The number of hydrogen-bond acceptors (Lipinski definition) is 4. The van der Waals surface area contributed by atoms with E-state index in [0.717, 1.165) is 0 Å². The van der Waals surface area contributed by atoms with Gasteiger partial charge in [-0.3, -0.25) is 4.79 Å². The number of carbonyl (C=O) groups excluding carboxylic acids is 1. The number of alkyl halides is 3. The van der Waals surface area contributed by atoms with E-state index in [2.05, 4.69) is 0 Å². The van der Waals surface area contributed by atoms with E-state index in [1.165, 1.54) is 0 Å². The van der Waals surface area contributed by atoms with Crippen molar-refractivity contribution >= 4 is 23.5 Å². The molecule has 0 spiro atoms. The molecule has 0 aliphatic rings. The lowest BCUT2D eigenvalue weighted by molar-refractivity contribution is -0.192. The summed E-state index contributed by atoms with van der Waals surface area (Å²) in [6.07, 6.45) is -2.64. The van der Waals surface area contributed by atoms with Crippen LogP contribution in [0.4, 0.5) is 13.2 Å². The van der Waals surface area contributed by atoms with Crippen LogP contribution < -0.4 is 5.73 Å². The first kappa shape index (κ1) is 16.7. The quantitative estimate of drug-likeness (QED) is 0.771. The van der Waals surface area contributed by atoms with Crippen LogP contribution in [0.5, 0.6) is 0 Å². The second-order valence-corrected chi connectivity index (χ2v) is 3.18. The summed E-state index contributed by atoms with van der Waals surface area (Å²) in [6, 6.07) is 0. The van der Waals surface area contributed by atoms with Gasteiger partial charge in [0.05, 0.1) is 5.75 Å². The van der Waals surface area contributed by atoms with Gasteiger partial charge >= 0.3 is 12.1 Å². The first-order valence-corrected chi connectivity index (χ1v) is 5.15. The molecule has 0 aromatic rings. The van der Waals surface area contributed by atoms with Crippen LogP contribution in [-0.2, 0) is 9.59 Å². The maximum absolute atomic E-state index is 10.6. The van der Waals surface area contributed by atoms with Crippen molar-refractivity contribution < 1.29 is 27.9 Å². The largest absolute Gasteiger partial charge is 0.490 e. The number of rotatable bonds is 4. The number of carbonyl (C=O) groups is 2. The molecule has 0 aromatic carbocycles. The Morgan fingerprint density at radius 1 is 1.40 bits per heavy atom. The fraction of sp³-hybridized carbons (Fsp3) is 0.714. The summed E-state index contributed by atoms with van der Waals surface area (Å²) in [5, 5.41) is 7.12. The third-order valence-electron chi connectivity index (χ3n) is 0.971. The highest BCUT2D eigenvalue weighted by Gasteiger charge is 2.38. The van der Waals surface area contributed by atoms with Crippen molar-refractivity contribution in [1.29, 1.82) is 0 Å². The average molecular weight is 247 g/mol. The van der Waals surface area contributed by atoms with Gasteiger partial charge in [-0.25, -0.2) is 4.79 Å². The third-order valence-corrected chi connectivity index (χ3v) is 1.58. The summed E-state index contributed by atoms with van der Waals surface area (Å²) in [6.45, 7) is 0.486. The maximum Gasteiger partial charge on any atom is 0.490 e. The Hall–Kier alpha value is -0.760. The molecule has 3 N–H and O–H groups in total. The zero-order chi connectivity index (χ0) is 12.5. The lowest BCUT2D eigenvalue weighted by Crippen LogP contribution is -2.21. The van der Waals surface area contributed by atoms with Gasteiger partial charge in [0.25, 0.3) is 0 Å². The van der Waals surface area contributed by atoms with Gasteiger partial charge in [0.2, 0.25) is 0 Å². The van der Waals surface area contributed by atoms with Crippen LogP contribution in [0.15, 0.2) is 0 Å². The van der Waals surface area contributed by atoms with E-state index in [-0.39, 0.29) is 5.78 Å². The minimum absolute atomic E-state index is 0.250. The summed E-state index contributed by atoms with van der Waals surface area (Å²) in [5.41, 5.74) is 5.13. The molecule has 0 fully saturated rings. The number of hydrogen-bond donors (Lipinski definition) is 2. The van der Waals surface area contributed by atoms with Crippen LogP contribution in [0.2, 0.25) is 0 Å². The minimum atomic E-state index is -5.08. The SMILES string of the molecule is CSCC(=O)CCN.O=C(O)C(F)(F)F. The number of carboxylic acids is 1. The van der Waals surface area contributed by atoms with E-state index in [1.807, 2.05) is 6.26 Å². The van der Waals surface area contributed by atoms with Crippen LogP contribution in [0.25, 0.3) is 0 Å². The van der Waals surface area contributed by atoms with Crippen molar-refractivity contribution in [3.8, 4) is 0 Å². The van der Waals surface area contributed by atoms with E-state index in [4.69, 9.17) is 15.6 Å². The second kappa shape index (κ2) is 8.54. The zero-order valence-corrected chi connectivity index (χ0v) is 8.82. The summed E-state index contributed by atoms with van der Waals surface area (Å²) < 4.78 is 31.7. The fourth-order valence-electron chi connectivity index (χ4n) is 0.394. The van der Waals surface area contributed by atoms with Crippen LogP contribution in [0.1, 0.15) is 6.42 Å². The first-order chi connectivity index (χ1) is 6.75. The molecule has 0 atom stereocenters. The molecule has 0 heterocycles. The summed E-state index contributed by atoms with van der Waals surface area (Å²) >= 11 is 1.54. The first-order valence-electron chi connectivity index (χ1n) is 3.76. The Kier molecular flexibility index (Phi) is 9.49. The molecule has 0 aromatic heterocycles. The lowest BCUT2D eigenvalue weighted by atomic mass is 10.3. The number of Topliss-reactive ketones (excluding diaryl/α,β-unsaturated/α-hetero) is 1. The Balaban J connectivity index is 0. The van der Waals surface area contributed by atoms with Gasteiger partial charge in [0, 0.05) is 6.42 Å². The van der Waals surface area contributed by atoms with Crippen molar-refractivity contribution in [2.75, 3.05) is 18.6 Å². The highest BCUT2D eigenvalue weighted by molar-refractivity contribution is 7.99. The lowest BCUT2D eigenvalue weighted by Gasteiger charge is -1.93. The third kappa shape index (κ3) is 13.2. The van der Waals surface area contributed by atoms with Crippen LogP contribution in [0.3, 0.4) is 0 Å². The fourth-order valence-corrected chi connectivity index (χ4v) is 0.860. The zero-order valence-electron chi connectivity index (χ0n) is 8.00. The molecule has 0 saturated carbocycles. The Morgan fingerprint density at radius 2 is 1.80 bits per heavy atom. The molecule has 4 nitrogen and oxygen atoms in total. The number of aliphatic carboxylic acids is 1. The van der Waals surface area contributed by atoms with Gasteiger partial charge in [-0.1, -0.05) is 0 Å². The molecule has 0 saturated heterocycles. The van der Waals surface area contributed by atoms with Crippen molar-refractivity contribution in [2.24, 2.45) is 5.73 Å². The summed E-state index contributed by atoms with van der Waals surface area (Å²) in [7, 11) is 0. The van der Waals surface area contributed by atoms with Gasteiger partial charge in [0.15, 0.2) is 0 Å². The Morgan fingerprint density at radius 3 is 2.00 bits per heavy atom. The molecule has 0 bridgehead atoms. The second-order valence-electron chi connectivity index (χ2n) is 2.31. The van der Waals surface area contributed by atoms with Crippen molar-refractivity contribution in [3.05, 3.63) is 0 Å². The molecule has 0 aliphatic heterocycles. The van der Waals surface area contributed by atoms with Crippen LogP contribution in [0, 0.1) is 0 Å². The molecule has 0 amide bonds. The van der Waals surface area contributed by atoms with Crippen molar-refractivity contribution in [3.63, 3.8) is 0 Å². The monoisotopic (exact) mass is 247 g/mol. The van der Waals surface area contributed by atoms with E-state index in [0.29, 0.717) is 18.7 Å². The highest BCUT2D eigenvalue weighted by Crippen LogP contribution is 2.13. The number of ketones is 1. The smallest absolute Gasteiger partial charge is 0.475 e. The number of halogens is 3. The maximum atomic E-state index is 10.6. The predicted octanol–water partition coefficient (Wildman–Crippen LogP) is 0.901. The number of carboxylic acid groups (broad SMARTS) is 1.